The number of carbonyl (C=O) groups excluding carboxylic acids is 1. The molecule has 0 aromatic rings. The summed E-state index contributed by atoms with van der Waals surface area (Å²) in [5.41, 5.74) is 0. The highest BCUT2D eigenvalue weighted by Gasteiger charge is 2.21. The number of hydrogen-bond acceptors (Lipinski definition) is 1. The van der Waals surface area contributed by atoms with Gasteiger partial charge in [0.1, 0.15) is 0 Å². The summed E-state index contributed by atoms with van der Waals surface area (Å²) in [4.78, 5) is 12.8. The number of carbonyl (C=O) groups is 1. The predicted molar refractivity (Wildman–Crippen MR) is 52.0 cm³/mol. The molecule has 1 saturated heterocycles. The molecule has 1 atom stereocenters. The second-order valence-corrected chi connectivity index (χ2v) is 3.03. The highest BCUT2D eigenvalue weighted by molar-refractivity contribution is 5.73. The monoisotopic (exact) mass is 171 g/mol. The first-order valence-corrected chi connectivity index (χ1v) is 4.99. The number of nitrogens with zero attached hydrogens (tertiary/aromatic N) is 1. The van der Waals surface area contributed by atoms with E-state index < -0.39 is 0 Å². The lowest BCUT2D eigenvalue weighted by atomic mass is 10.1. The zero-order valence-corrected chi connectivity index (χ0v) is 8.76. The normalized spacial score (nSPS) is 21.7. The summed E-state index contributed by atoms with van der Waals surface area (Å²) in [6.07, 6.45) is 2.42. The van der Waals surface area contributed by atoms with E-state index in [-0.39, 0.29) is 5.91 Å². The van der Waals surface area contributed by atoms with E-state index >= 15 is 0 Å². The van der Waals surface area contributed by atoms with Crippen molar-refractivity contribution in [1.82, 2.24) is 4.90 Å². The topological polar surface area (TPSA) is 20.3 Å². The van der Waals surface area contributed by atoms with Crippen molar-refractivity contribution in [2.45, 2.75) is 40.5 Å². The molecule has 0 aromatic carbocycles. The molecule has 1 heterocycles. The van der Waals surface area contributed by atoms with Gasteiger partial charge in [-0.25, -0.2) is 0 Å². The molecule has 0 spiro atoms. The molecule has 0 saturated carbocycles. The van der Waals surface area contributed by atoms with Gasteiger partial charge in [-0.05, 0) is 12.3 Å². The van der Waals surface area contributed by atoms with Crippen molar-refractivity contribution in [1.29, 1.82) is 0 Å². The van der Waals surface area contributed by atoms with Crippen LogP contribution in [0, 0.1) is 5.92 Å². The van der Waals surface area contributed by atoms with E-state index in [1.54, 1.807) is 6.92 Å². The van der Waals surface area contributed by atoms with Crippen molar-refractivity contribution in [2.24, 2.45) is 5.92 Å². The molecule has 1 amide bonds. The Labute approximate surface area is 75.9 Å². The average Bonchev–Trinajstić information content (AvgIpc) is 2.55. The van der Waals surface area contributed by atoms with Crippen LogP contribution in [-0.4, -0.2) is 23.9 Å². The molecule has 12 heavy (non-hydrogen) atoms. The van der Waals surface area contributed by atoms with Crippen LogP contribution >= 0.6 is 0 Å². The van der Waals surface area contributed by atoms with Gasteiger partial charge in [0, 0.05) is 20.0 Å². The average molecular weight is 171 g/mol. The Morgan fingerprint density at radius 3 is 2.33 bits per heavy atom. The minimum atomic E-state index is 0.232. The SMILES string of the molecule is CC.CCC1CCN(C(C)=O)C1. The highest BCUT2D eigenvalue weighted by Crippen LogP contribution is 2.18. The lowest BCUT2D eigenvalue weighted by Crippen LogP contribution is -2.25. The smallest absolute Gasteiger partial charge is 0.219 e. The molecule has 72 valence electrons. The van der Waals surface area contributed by atoms with Gasteiger partial charge in [-0.1, -0.05) is 27.2 Å². The molecule has 0 aromatic heterocycles. The van der Waals surface area contributed by atoms with Crippen molar-refractivity contribution in [2.75, 3.05) is 13.1 Å². The van der Waals surface area contributed by atoms with Gasteiger partial charge < -0.3 is 4.90 Å². The Morgan fingerprint density at radius 2 is 2.08 bits per heavy atom. The van der Waals surface area contributed by atoms with Crippen LogP contribution in [-0.2, 0) is 4.79 Å². The molecule has 2 heteroatoms. The third kappa shape index (κ3) is 3.24. The first kappa shape index (κ1) is 11.5. The maximum absolute atomic E-state index is 10.8. The number of amides is 1. The van der Waals surface area contributed by atoms with Gasteiger partial charge in [0.2, 0.25) is 5.91 Å². The largest absolute Gasteiger partial charge is 0.343 e. The van der Waals surface area contributed by atoms with Crippen LogP contribution in [0.1, 0.15) is 40.5 Å². The standard InChI is InChI=1S/C8H15NO.C2H6/c1-3-8-4-5-9(6-8)7(2)10;1-2/h8H,3-6H2,1-2H3;1-2H3. The Hall–Kier alpha value is -0.530. The number of rotatable bonds is 1. The maximum Gasteiger partial charge on any atom is 0.219 e. The Kier molecular flexibility index (Phi) is 5.77. The van der Waals surface area contributed by atoms with Crippen LogP contribution in [0.3, 0.4) is 0 Å². The van der Waals surface area contributed by atoms with Crippen molar-refractivity contribution < 1.29 is 4.79 Å². The van der Waals surface area contributed by atoms with Crippen LogP contribution in [0.15, 0.2) is 0 Å². The van der Waals surface area contributed by atoms with Gasteiger partial charge in [-0.15, -0.1) is 0 Å². The van der Waals surface area contributed by atoms with E-state index in [0.717, 1.165) is 19.0 Å². The molecule has 1 unspecified atom stereocenters. The Morgan fingerprint density at radius 1 is 1.50 bits per heavy atom. The predicted octanol–water partition coefficient (Wildman–Crippen LogP) is 2.29. The van der Waals surface area contributed by atoms with Crippen LogP contribution < -0.4 is 0 Å². The summed E-state index contributed by atoms with van der Waals surface area (Å²) in [7, 11) is 0. The van der Waals surface area contributed by atoms with E-state index in [4.69, 9.17) is 0 Å². The summed E-state index contributed by atoms with van der Waals surface area (Å²) in [6.45, 7) is 9.81. The third-order valence-corrected chi connectivity index (χ3v) is 2.31. The fraction of sp³-hybridized carbons (Fsp3) is 0.900. The molecule has 0 radical (unpaired) electrons. The van der Waals surface area contributed by atoms with Gasteiger partial charge in [-0.3, -0.25) is 4.79 Å². The molecule has 0 N–H and O–H groups in total. The molecule has 1 fully saturated rings. The van der Waals surface area contributed by atoms with Crippen LogP contribution in [0.5, 0.6) is 0 Å². The Bertz CT molecular complexity index is 134. The second kappa shape index (κ2) is 6.04. The van der Waals surface area contributed by atoms with Gasteiger partial charge in [0.25, 0.3) is 0 Å². The summed E-state index contributed by atoms with van der Waals surface area (Å²) in [6, 6.07) is 0. The van der Waals surface area contributed by atoms with Gasteiger partial charge >= 0.3 is 0 Å². The quantitative estimate of drug-likeness (QED) is 0.592. The van der Waals surface area contributed by atoms with Crippen LogP contribution in [0.4, 0.5) is 0 Å². The molecule has 2 nitrogen and oxygen atoms in total. The highest BCUT2D eigenvalue weighted by atomic mass is 16.2. The Balaban J connectivity index is 0.000000561. The zero-order chi connectivity index (χ0) is 9.56. The lowest BCUT2D eigenvalue weighted by molar-refractivity contribution is -0.127. The molecule has 0 bridgehead atoms. The maximum atomic E-state index is 10.8. The summed E-state index contributed by atoms with van der Waals surface area (Å²) < 4.78 is 0. The van der Waals surface area contributed by atoms with E-state index in [9.17, 15) is 4.79 Å². The first-order chi connectivity index (χ1) is 5.74. The summed E-state index contributed by atoms with van der Waals surface area (Å²) in [5.74, 6) is 1.000. The summed E-state index contributed by atoms with van der Waals surface area (Å²) >= 11 is 0. The van der Waals surface area contributed by atoms with Gasteiger partial charge in [0.15, 0.2) is 0 Å². The van der Waals surface area contributed by atoms with Gasteiger partial charge in [0.05, 0.1) is 0 Å². The van der Waals surface area contributed by atoms with E-state index in [0.29, 0.717) is 0 Å². The van der Waals surface area contributed by atoms with Crippen molar-refractivity contribution in [3.8, 4) is 0 Å². The second-order valence-electron chi connectivity index (χ2n) is 3.03. The minimum Gasteiger partial charge on any atom is -0.343 e. The molecular weight excluding hydrogens is 150 g/mol. The molecular formula is C10H21NO. The third-order valence-electron chi connectivity index (χ3n) is 2.31. The van der Waals surface area contributed by atoms with Gasteiger partial charge in [-0.2, -0.15) is 0 Å². The number of hydrogen-bond donors (Lipinski definition) is 0. The first-order valence-electron chi connectivity index (χ1n) is 4.99. The fourth-order valence-electron chi connectivity index (χ4n) is 1.45. The number of likely N-dealkylation sites (tertiary alicyclic amines) is 1. The lowest BCUT2D eigenvalue weighted by Gasteiger charge is -2.12. The van der Waals surface area contributed by atoms with Crippen molar-refractivity contribution in [3.63, 3.8) is 0 Å². The van der Waals surface area contributed by atoms with E-state index in [2.05, 4.69) is 6.92 Å². The van der Waals surface area contributed by atoms with Crippen molar-refractivity contribution >= 4 is 5.91 Å². The fourth-order valence-corrected chi connectivity index (χ4v) is 1.45. The molecule has 1 rings (SSSR count). The van der Waals surface area contributed by atoms with Crippen LogP contribution in [0.25, 0.3) is 0 Å². The van der Waals surface area contributed by atoms with E-state index in [1.807, 2.05) is 18.7 Å². The van der Waals surface area contributed by atoms with Crippen molar-refractivity contribution in [3.05, 3.63) is 0 Å². The molecule has 0 aliphatic carbocycles. The zero-order valence-electron chi connectivity index (χ0n) is 8.76. The molecule has 1 aliphatic rings. The molecule has 1 aliphatic heterocycles. The van der Waals surface area contributed by atoms with Crippen LogP contribution in [0.2, 0.25) is 0 Å². The summed E-state index contributed by atoms with van der Waals surface area (Å²) in [5, 5.41) is 0. The minimum absolute atomic E-state index is 0.232. The van der Waals surface area contributed by atoms with E-state index in [1.165, 1.54) is 12.8 Å².